The quantitative estimate of drug-likeness (QED) is 0.189. The van der Waals surface area contributed by atoms with Gasteiger partial charge in [-0.1, -0.05) is 82.8 Å². The molecule has 52 heavy (non-hydrogen) atoms. The molecule has 7 rings (SSSR count). The Balaban J connectivity index is 0.000000197. The maximum atomic E-state index is 12.3. The van der Waals surface area contributed by atoms with E-state index in [1.54, 1.807) is 6.07 Å². The molecule has 0 aromatic heterocycles. The van der Waals surface area contributed by atoms with Gasteiger partial charge in [0.15, 0.2) is 0 Å². The molecular weight excluding hydrogens is 781 g/mol. The van der Waals surface area contributed by atoms with E-state index in [1.807, 2.05) is 53.4 Å². The highest BCUT2D eigenvalue weighted by Gasteiger charge is 2.32. The molecule has 0 unspecified atom stereocenters. The van der Waals surface area contributed by atoms with Crippen molar-refractivity contribution in [2.24, 2.45) is 0 Å². The minimum atomic E-state index is -0.0217. The topological polar surface area (TPSA) is 55.9 Å². The average Bonchev–Trinajstić information content (AvgIpc) is 3.53. The molecule has 0 spiro atoms. The number of rotatable bonds is 7. The fourth-order valence-electron chi connectivity index (χ4n) is 7.51. The molecule has 1 saturated heterocycles. The smallest absolute Gasteiger partial charge is 0.227 e. The molecule has 0 bridgehead atoms. The molecule has 1 N–H and O–H groups in total. The van der Waals surface area contributed by atoms with Crippen LogP contribution in [0, 0.1) is 0 Å². The number of para-hydroxylation sites is 2. The van der Waals surface area contributed by atoms with E-state index >= 15 is 0 Å². The fourth-order valence-corrected chi connectivity index (χ4v) is 8.78. The molecule has 3 heterocycles. The molecule has 0 saturated carbocycles. The predicted octanol–water partition coefficient (Wildman–Crippen LogP) is 10.6. The van der Waals surface area contributed by atoms with Crippen LogP contribution in [0.15, 0.2) is 72.8 Å². The molecule has 3 aliphatic heterocycles. The Labute approximate surface area is 337 Å². The van der Waals surface area contributed by atoms with Crippen molar-refractivity contribution < 1.29 is 9.59 Å². The summed E-state index contributed by atoms with van der Waals surface area (Å²) in [6.07, 6.45) is 2.63. The third kappa shape index (κ3) is 9.22. The van der Waals surface area contributed by atoms with Crippen molar-refractivity contribution in [3.8, 4) is 0 Å². The van der Waals surface area contributed by atoms with Crippen molar-refractivity contribution in [3.05, 3.63) is 126 Å². The molecule has 2 atom stereocenters. The summed E-state index contributed by atoms with van der Waals surface area (Å²) >= 11 is 31.2. The second kappa shape index (κ2) is 18.2. The van der Waals surface area contributed by atoms with E-state index in [0.717, 1.165) is 72.8 Å². The molecule has 0 radical (unpaired) electrons. The molecule has 3 aliphatic rings. The number of benzene rings is 4. The Morgan fingerprint density at radius 2 is 1.31 bits per heavy atom. The number of carbonyl (C=O) groups is 2. The molecule has 0 aliphatic carbocycles. The Morgan fingerprint density at radius 3 is 1.87 bits per heavy atom. The van der Waals surface area contributed by atoms with Crippen LogP contribution in [0.4, 0.5) is 11.4 Å². The van der Waals surface area contributed by atoms with Crippen LogP contribution in [-0.2, 0) is 22.7 Å². The molecule has 4 aromatic rings. The van der Waals surface area contributed by atoms with Crippen LogP contribution in [0.3, 0.4) is 0 Å². The molecular formula is C40H42Cl6N4O2. The summed E-state index contributed by atoms with van der Waals surface area (Å²) in [6, 6.07) is 23.8. The number of amides is 2. The van der Waals surface area contributed by atoms with Gasteiger partial charge < -0.3 is 20.0 Å². The number of alkyl halides is 1. The van der Waals surface area contributed by atoms with Crippen molar-refractivity contribution in [2.75, 3.05) is 49.8 Å². The summed E-state index contributed by atoms with van der Waals surface area (Å²) in [5.41, 5.74) is 8.62. The SMILES string of the molecule is CN1Cc2c(Cl)cc(Cl)cc2[C@H](c2ccccc2N2CCCC2=O)C1.CN1Cc2c(Cl)cc(Cl)cc2[C@H](c2ccccc2NC(=O)CCCCl)C1.Cl. The van der Waals surface area contributed by atoms with Gasteiger partial charge in [0, 0.05) is 94.7 Å². The van der Waals surface area contributed by atoms with Gasteiger partial charge in [0.1, 0.15) is 0 Å². The first-order chi connectivity index (χ1) is 24.5. The standard InChI is InChI=1S/C20H21Cl3N2O.C20H20Cl2N2O.ClH/c1-25-11-16(15-9-13(22)10-18(23)17(15)12-25)14-5-2-3-6-19(14)24-20(26)7-4-8-21;1-23-11-16(15-9-13(21)10-18(22)17(15)12-23)14-5-2-3-6-19(14)24-8-4-7-20(24)25;/h2-3,5-6,9-10,16H,4,7-8,11-12H2,1H3,(H,24,26);2-3,5-6,9-10,16H,4,7-8,11-12H2,1H3;1H/t2*16-;/m00./s1. The zero-order chi connectivity index (χ0) is 36.2. The highest BCUT2D eigenvalue weighted by atomic mass is 35.5. The Morgan fingerprint density at radius 1 is 0.769 bits per heavy atom. The number of hydrogen-bond donors (Lipinski definition) is 1. The van der Waals surface area contributed by atoms with Gasteiger partial charge in [0.2, 0.25) is 11.8 Å². The van der Waals surface area contributed by atoms with E-state index in [2.05, 4.69) is 47.4 Å². The van der Waals surface area contributed by atoms with Crippen LogP contribution in [0.5, 0.6) is 0 Å². The molecule has 2 amide bonds. The Hall–Kier alpha value is -2.52. The Kier molecular flexibility index (Phi) is 14.2. The van der Waals surface area contributed by atoms with Gasteiger partial charge in [-0.15, -0.1) is 24.0 Å². The van der Waals surface area contributed by atoms with Crippen LogP contribution in [-0.4, -0.2) is 61.2 Å². The van der Waals surface area contributed by atoms with Crippen molar-refractivity contribution in [2.45, 2.75) is 50.6 Å². The van der Waals surface area contributed by atoms with Crippen LogP contribution < -0.4 is 10.2 Å². The van der Waals surface area contributed by atoms with Crippen molar-refractivity contribution in [3.63, 3.8) is 0 Å². The number of nitrogens with one attached hydrogen (secondary N) is 1. The van der Waals surface area contributed by atoms with Crippen molar-refractivity contribution in [1.29, 1.82) is 0 Å². The summed E-state index contributed by atoms with van der Waals surface area (Å²) in [6.45, 7) is 4.10. The Bertz CT molecular complexity index is 1920. The predicted molar refractivity (Wildman–Crippen MR) is 220 cm³/mol. The normalized spacial score (nSPS) is 18.5. The van der Waals surface area contributed by atoms with Gasteiger partial charge in [0.25, 0.3) is 0 Å². The second-order valence-electron chi connectivity index (χ2n) is 13.5. The van der Waals surface area contributed by atoms with Crippen LogP contribution in [0.2, 0.25) is 20.1 Å². The number of fused-ring (bicyclic) bond motifs is 2. The van der Waals surface area contributed by atoms with E-state index in [1.165, 1.54) is 11.1 Å². The minimum absolute atomic E-state index is 0. The highest BCUT2D eigenvalue weighted by molar-refractivity contribution is 6.35. The zero-order valence-electron chi connectivity index (χ0n) is 29.1. The van der Waals surface area contributed by atoms with Gasteiger partial charge >= 0.3 is 0 Å². The first-order valence-electron chi connectivity index (χ1n) is 17.2. The van der Waals surface area contributed by atoms with E-state index in [0.29, 0.717) is 45.2 Å². The number of carbonyl (C=O) groups excluding carboxylic acids is 2. The summed E-state index contributed by atoms with van der Waals surface area (Å²) in [7, 11) is 4.17. The van der Waals surface area contributed by atoms with Crippen LogP contribution >= 0.6 is 70.4 Å². The number of halogens is 6. The zero-order valence-corrected chi connectivity index (χ0v) is 33.7. The number of anilines is 2. The third-order valence-electron chi connectivity index (χ3n) is 9.81. The van der Waals surface area contributed by atoms with Crippen molar-refractivity contribution in [1.82, 2.24) is 9.80 Å². The lowest BCUT2D eigenvalue weighted by molar-refractivity contribution is -0.117. The van der Waals surface area contributed by atoms with E-state index < -0.39 is 0 Å². The average molecular weight is 824 g/mol. The van der Waals surface area contributed by atoms with Gasteiger partial charge in [0.05, 0.1) is 0 Å². The maximum Gasteiger partial charge on any atom is 0.227 e. The highest BCUT2D eigenvalue weighted by Crippen LogP contribution is 2.43. The van der Waals surface area contributed by atoms with Gasteiger partial charge in [-0.3, -0.25) is 9.59 Å². The summed E-state index contributed by atoms with van der Waals surface area (Å²) in [5, 5.41) is 5.73. The first kappa shape index (κ1) is 40.7. The van der Waals surface area contributed by atoms with Gasteiger partial charge in [-0.25, -0.2) is 0 Å². The summed E-state index contributed by atoms with van der Waals surface area (Å²) < 4.78 is 0. The number of hydrogen-bond acceptors (Lipinski definition) is 4. The minimum Gasteiger partial charge on any atom is -0.326 e. The van der Waals surface area contributed by atoms with Crippen LogP contribution in [0.1, 0.15) is 70.9 Å². The third-order valence-corrected chi connectivity index (χ3v) is 11.2. The van der Waals surface area contributed by atoms with Gasteiger partial charge in [-0.05, 0) is 96.7 Å². The molecule has 12 heteroatoms. The van der Waals surface area contributed by atoms with E-state index in [4.69, 9.17) is 58.0 Å². The largest absolute Gasteiger partial charge is 0.326 e. The molecule has 1 fully saturated rings. The number of likely N-dealkylation sites (N-methyl/N-ethyl adjacent to an activating group) is 2. The maximum absolute atomic E-state index is 12.3. The lowest BCUT2D eigenvalue weighted by Gasteiger charge is -2.35. The first-order valence-corrected chi connectivity index (χ1v) is 19.3. The molecule has 4 aromatic carbocycles. The number of nitrogens with zero attached hydrogens (tertiary/aromatic N) is 3. The lowest BCUT2D eigenvalue weighted by Crippen LogP contribution is -2.33. The summed E-state index contributed by atoms with van der Waals surface area (Å²) in [4.78, 5) is 30.9. The van der Waals surface area contributed by atoms with Gasteiger partial charge in [-0.2, -0.15) is 0 Å². The lowest BCUT2D eigenvalue weighted by atomic mass is 9.83. The molecule has 6 nitrogen and oxygen atoms in total. The van der Waals surface area contributed by atoms with Crippen molar-refractivity contribution >= 4 is 93.6 Å². The summed E-state index contributed by atoms with van der Waals surface area (Å²) in [5.74, 6) is 0.902. The van der Waals surface area contributed by atoms with E-state index in [-0.39, 0.29) is 36.1 Å². The second-order valence-corrected chi connectivity index (χ2v) is 15.6. The monoisotopic (exact) mass is 820 g/mol. The van der Waals surface area contributed by atoms with Crippen LogP contribution in [0.25, 0.3) is 0 Å². The fraction of sp³-hybridized carbons (Fsp3) is 0.350. The molecule has 276 valence electrons. The van der Waals surface area contributed by atoms with E-state index in [9.17, 15) is 9.59 Å².